The number of carbonyl (C=O) groups is 2. The lowest BCUT2D eigenvalue weighted by Gasteiger charge is -2.04. The largest absolute Gasteiger partial charge is 0.296 e. The Bertz CT molecular complexity index is 418. The van der Waals surface area contributed by atoms with E-state index in [1.807, 2.05) is 0 Å². The van der Waals surface area contributed by atoms with Crippen molar-refractivity contribution in [2.45, 2.75) is 13.1 Å². The first kappa shape index (κ1) is 12.5. The van der Waals surface area contributed by atoms with E-state index in [9.17, 15) is 14.0 Å². The minimum atomic E-state index is -2.07. The SMILES string of the molecule is CC(=O)C(F)C(=O)c1ccc(Br)c(Br)c1. The Kier molecular flexibility index (Phi) is 4.16. The molecule has 0 fully saturated rings. The summed E-state index contributed by atoms with van der Waals surface area (Å²) in [5, 5.41) is 0. The minimum Gasteiger partial charge on any atom is -0.296 e. The van der Waals surface area contributed by atoms with Gasteiger partial charge < -0.3 is 0 Å². The molecule has 2 nitrogen and oxygen atoms in total. The topological polar surface area (TPSA) is 34.1 Å². The van der Waals surface area contributed by atoms with E-state index in [1.165, 1.54) is 12.1 Å². The summed E-state index contributed by atoms with van der Waals surface area (Å²) in [7, 11) is 0. The van der Waals surface area contributed by atoms with Crippen LogP contribution < -0.4 is 0 Å². The summed E-state index contributed by atoms with van der Waals surface area (Å²) < 4.78 is 14.5. The molecule has 80 valence electrons. The molecule has 0 bridgehead atoms. The highest BCUT2D eigenvalue weighted by Crippen LogP contribution is 2.24. The first-order valence-corrected chi connectivity index (χ1v) is 5.66. The molecule has 0 aliphatic heterocycles. The van der Waals surface area contributed by atoms with Crippen LogP contribution in [0, 0.1) is 0 Å². The zero-order chi connectivity index (χ0) is 11.6. The Balaban J connectivity index is 3.02. The van der Waals surface area contributed by atoms with Gasteiger partial charge in [-0.1, -0.05) is 6.07 Å². The van der Waals surface area contributed by atoms with Crippen LogP contribution in [-0.2, 0) is 4.79 Å². The predicted molar refractivity (Wildman–Crippen MR) is 61.7 cm³/mol. The summed E-state index contributed by atoms with van der Waals surface area (Å²) in [6.45, 7) is 1.05. The van der Waals surface area contributed by atoms with Gasteiger partial charge in [0.25, 0.3) is 0 Å². The number of ketones is 2. The molecule has 1 rings (SSSR count). The molecule has 0 N–H and O–H groups in total. The van der Waals surface area contributed by atoms with Crippen molar-refractivity contribution in [3.8, 4) is 0 Å². The van der Waals surface area contributed by atoms with Gasteiger partial charge in [-0.3, -0.25) is 9.59 Å². The number of rotatable bonds is 3. The Labute approximate surface area is 103 Å². The average molecular weight is 338 g/mol. The maximum atomic E-state index is 13.1. The molecule has 0 spiro atoms. The highest BCUT2D eigenvalue weighted by atomic mass is 79.9. The molecule has 0 heterocycles. The maximum Gasteiger partial charge on any atom is 0.220 e. The second-order valence-electron chi connectivity index (χ2n) is 2.97. The Morgan fingerprint density at radius 2 is 1.87 bits per heavy atom. The fraction of sp³-hybridized carbons (Fsp3) is 0.200. The molecule has 15 heavy (non-hydrogen) atoms. The van der Waals surface area contributed by atoms with E-state index in [2.05, 4.69) is 31.9 Å². The molecule has 0 amide bonds. The van der Waals surface area contributed by atoms with Crippen LogP contribution in [0.4, 0.5) is 4.39 Å². The van der Waals surface area contributed by atoms with E-state index in [-0.39, 0.29) is 5.56 Å². The van der Waals surface area contributed by atoms with Gasteiger partial charge in [-0.2, -0.15) is 0 Å². The van der Waals surface area contributed by atoms with Crippen molar-refractivity contribution in [3.63, 3.8) is 0 Å². The fourth-order valence-electron chi connectivity index (χ4n) is 0.980. The van der Waals surface area contributed by atoms with Gasteiger partial charge in [0.15, 0.2) is 5.78 Å². The van der Waals surface area contributed by atoms with E-state index in [4.69, 9.17) is 0 Å². The molecule has 0 radical (unpaired) electrons. The lowest BCUT2D eigenvalue weighted by molar-refractivity contribution is -0.120. The summed E-state index contributed by atoms with van der Waals surface area (Å²) in [5.74, 6) is -1.59. The normalized spacial score (nSPS) is 12.3. The first-order valence-electron chi connectivity index (χ1n) is 4.07. The predicted octanol–water partition coefficient (Wildman–Crippen LogP) is 3.32. The van der Waals surface area contributed by atoms with Gasteiger partial charge in [-0.05, 0) is 50.9 Å². The van der Waals surface area contributed by atoms with Crippen LogP contribution in [0.5, 0.6) is 0 Å². The van der Waals surface area contributed by atoms with Crippen LogP contribution in [0.15, 0.2) is 27.1 Å². The first-order chi connectivity index (χ1) is 6.93. The molecule has 1 unspecified atom stereocenters. The van der Waals surface area contributed by atoms with Crippen molar-refractivity contribution in [2.24, 2.45) is 0 Å². The van der Waals surface area contributed by atoms with Gasteiger partial charge >= 0.3 is 0 Å². The lowest BCUT2D eigenvalue weighted by atomic mass is 10.1. The monoisotopic (exact) mass is 336 g/mol. The van der Waals surface area contributed by atoms with E-state index in [0.29, 0.717) is 4.47 Å². The highest BCUT2D eigenvalue weighted by molar-refractivity contribution is 9.13. The summed E-state index contributed by atoms with van der Waals surface area (Å²) >= 11 is 6.42. The number of hydrogen-bond donors (Lipinski definition) is 0. The minimum absolute atomic E-state index is 0.174. The van der Waals surface area contributed by atoms with Crippen molar-refractivity contribution < 1.29 is 14.0 Å². The smallest absolute Gasteiger partial charge is 0.220 e. The van der Waals surface area contributed by atoms with Crippen LogP contribution >= 0.6 is 31.9 Å². The lowest BCUT2D eigenvalue weighted by Crippen LogP contribution is -2.23. The fourth-order valence-corrected chi connectivity index (χ4v) is 1.61. The van der Waals surface area contributed by atoms with Gasteiger partial charge in [0.2, 0.25) is 12.0 Å². The summed E-state index contributed by atoms with van der Waals surface area (Å²) in [5.41, 5.74) is 0.174. The zero-order valence-corrected chi connectivity index (χ0v) is 10.9. The number of Topliss-reactive ketones (excluding diaryl/α,β-unsaturated/α-hetero) is 2. The third-order valence-corrected chi connectivity index (χ3v) is 3.67. The van der Waals surface area contributed by atoms with Crippen molar-refractivity contribution in [3.05, 3.63) is 32.7 Å². The third-order valence-electron chi connectivity index (χ3n) is 1.79. The van der Waals surface area contributed by atoms with E-state index in [1.54, 1.807) is 6.07 Å². The standard InChI is InChI=1S/C10H7Br2FO2/c1-5(14)9(13)10(15)6-2-3-7(11)8(12)4-6/h2-4,9H,1H3. The van der Waals surface area contributed by atoms with Crippen molar-refractivity contribution >= 4 is 43.4 Å². The van der Waals surface area contributed by atoms with Crippen molar-refractivity contribution in [2.75, 3.05) is 0 Å². The van der Waals surface area contributed by atoms with Gasteiger partial charge in [-0.25, -0.2) is 4.39 Å². The molecule has 1 aromatic carbocycles. The maximum absolute atomic E-state index is 13.1. The van der Waals surface area contributed by atoms with Crippen LogP contribution in [-0.4, -0.2) is 17.7 Å². The van der Waals surface area contributed by atoms with Crippen LogP contribution in [0.3, 0.4) is 0 Å². The summed E-state index contributed by atoms with van der Waals surface area (Å²) in [6.07, 6.45) is -2.07. The molecular weight excluding hydrogens is 331 g/mol. The van der Waals surface area contributed by atoms with Gasteiger partial charge in [0, 0.05) is 14.5 Å². The van der Waals surface area contributed by atoms with E-state index in [0.717, 1.165) is 11.4 Å². The molecule has 1 atom stereocenters. The number of hydrogen-bond acceptors (Lipinski definition) is 2. The summed E-state index contributed by atoms with van der Waals surface area (Å²) in [4.78, 5) is 22.1. The van der Waals surface area contributed by atoms with Crippen LogP contribution in [0.2, 0.25) is 0 Å². The highest BCUT2D eigenvalue weighted by Gasteiger charge is 2.23. The Morgan fingerprint density at radius 1 is 1.27 bits per heavy atom. The van der Waals surface area contributed by atoms with Crippen LogP contribution in [0.25, 0.3) is 0 Å². The zero-order valence-electron chi connectivity index (χ0n) is 7.76. The number of alkyl halides is 1. The van der Waals surface area contributed by atoms with E-state index < -0.39 is 17.7 Å². The quantitative estimate of drug-likeness (QED) is 0.626. The number of benzene rings is 1. The summed E-state index contributed by atoms with van der Waals surface area (Å²) in [6, 6.07) is 4.55. The average Bonchev–Trinajstić information content (AvgIpc) is 2.19. The third kappa shape index (κ3) is 2.95. The molecule has 0 aliphatic carbocycles. The number of halogens is 3. The molecule has 0 saturated carbocycles. The van der Waals surface area contributed by atoms with Gasteiger partial charge in [-0.15, -0.1) is 0 Å². The Morgan fingerprint density at radius 3 is 2.33 bits per heavy atom. The molecular formula is C10H7Br2FO2. The van der Waals surface area contributed by atoms with Crippen molar-refractivity contribution in [1.82, 2.24) is 0 Å². The van der Waals surface area contributed by atoms with E-state index >= 15 is 0 Å². The van der Waals surface area contributed by atoms with Gasteiger partial charge in [0.1, 0.15) is 0 Å². The molecule has 0 aliphatic rings. The van der Waals surface area contributed by atoms with Crippen molar-refractivity contribution in [1.29, 1.82) is 0 Å². The van der Waals surface area contributed by atoms with Crippen LogP contribution in [0.1, 0.15) is 17.3 Å². The molecule has 5 heteroatoms. The Hall–Kier alpha value is -0.550. The second-order valence-corrected chi connectivity index (χ2v) is 4.68. The molecule has 0 aromatic heterocycles. The second kappa shape index (κ2) is 4.99. The number of carbonyl (C=O) groups excluding carboxylic acids is 2. The molecule has 0 saturated heterocycles. The van der Waals surface area contributed by atoms with Gasteiger partial charge in [0.05, 0.1) is 0 Å². The molecule has 1 aromatic rings.